The molecule has 2 heterocycles. The molecule has 1 atom stereocenters. The minimum Gasteiger partial charge on any atom is -0.378 e. The Morgan fingerprint density at radius 2 is 1.90 bits per heavy atom. The number of hydrogen-bond acceptors (Lipinski definition) is 4. The van der Waals surface area contributed by atoms with E-state index >= 15 is 0 Å². The molecule has 2 aliphatic heterocycles. The van der Waals surface area contributed by atoms with Gasteiger partial charge < -0.3 is 25.2 Å². The third-order valence-corrected chi connectivity index (χ3v) is 6.64. The molecule has 31 heavy (non-hydrogen) atoms. The van der Waals surface area contributed by atoms with Crippen LogP contribution in [0.1, 0.15) is 44.6 Å². The third-order valence-electron chi connectivity index (χ3n) is 6.64. The number of para-hydroxylation sites is 1. The molecule has 0 aromatic heterocycles. The Balaban J connectivity index is 1.36. The molecule has 0 bridgehead atoms. The van der Waals surface area contributed by atoms with Gasteiger partial charge >= 0.3 is 0 Å². The lowest BCUT2D eigenvalue weighted by atomic mass is 10.1. The van der Waals surface area contributed by atoms with Gasteiger partial charge in [0.2, 0.25) is 5.91 Å². The van der Waals surface area contributed by atoms with E-state index in [-0.39, 0.29) is 12.0 Å². The van der Waals surface area contributed by atoms with Gasteiger partial charge in [0.15, 0.2) is 5.96 Å². The quantitative estimate of drug-likeness (QED) is 0.539. The monoisotopic (exact) mass is 427 g/mol. The predicted octanol–water partition coefficient (Wildman–Crippen LogP) is 2.37. The van der Waals surface area contributed by atoms with Crippen molar-refractivity contribution in [3.63, 3.8) is 0 Å². The third kappa shape index (κ3) is 5.70. The molecule has 0 spiro atoms. The van der Waals surface area contributed by atoms with Gasteiger partial charge in [-0.1, -0.05) is 31.0 Å². The van der Waals surface area contributed by atoms with Crippen molar-refractivity contribution >= 4 is 17.6 Å². The number of anilines is 1. The fourth-order valence-corrected chi connectivity index (χ4v) is 4.94. The van der Waals surface area contributed by atoms with E-state index in [2.05, 4.69) is 51.6 Å². The number of carbonyl (C=O) groups is 1. The summed E-state index contributed by atoms with van der Waals surface area (Å²) >= 11 is 0. The van der Waals surface area contributed by atoms with Crippen LogP contribution in [0.4, 0.5) is 5.69 Å². The number of likely N-dealkylation sites (tertiary alicyclic amines) is 1. The zero-order valence-corrected chi connectivity index (χ0v) is 18.8. The smallest absolute Gasteiger partial charge is 0.225 e. The molecule has 1 aliphatic carbocycles. The summed E-state index contributed by atoms with van der Waals surface area (Å²) in [6, 6.07) is 8.78. The first-order valence-corrected chi connectivity index (χ1v) is 12.0. The molecular weight excluding hydrogens is 390 g/mol. The first kappa shape index (κ1) is 21.9. The maximum absolute atomic E-state index is 12.7. The van der Waals surface area contributed by atoms with E-state index < -0.39 is 0 Å². The van der Waals surface area contributed by atoms with Gasteiger partial charge in [-0.15, -0.1) is 0 Å². The maximum atomic E-state index is 12.7. The van der Waals surface area contributed by atoms with Crippen LogP contribution in [-0.4, -0.2) is 68.7 Å². The topological polar surface area (TPSA) is 69.2 Å². The Morgan fingerprint density at radius 1 is 1.13 bits per heavy atom. The van der Waals surface area contributed by atoms with Crippen LogP contribution >= 0.6 is 0 Å². The summed E-state index contributed by atoms with van der Waals surface area (Å²) in [6.45, 7) is 8.56. The largest absolute Gasteiger partial charge is 0.378 e. The Kier molecular flexibility index (Phi) is 7.67. The number of benzene rings is 1. The Morgan fingerprint density at radius 3 is 2.68 bits per heavy atom. The number of guanidine groups is 1. The van der Waals surface area contributed by atoms with Gasteiger partial charge in [-0.25, -0.2) is 4.99 Å². The molecular formula is C24H37N5O2. The Hall–Kier alpha value is -2.28. The van der Waals surface area contributed by atoms with Crippen LogP contribution in [0.2, 0.25) is 0 Å². The van der Waals surface area contributed by atoms with Gasteiger partial charge in [-0.2, -0.15) is 0 Å². The number of carbonyl (C=O) groups excluding carboxylic acids is 1. The molecule has 0 radical (unpaired) electrons. The molecule has 1 unspecified atom stereocenters. The second kappa shape index (κ2) is 10.8. The average molecular weight is 428 g/mol. The zero-order valence-electron chi connectivity index (χ0n) is 18.8. The van der Waals surface area contributed by atoms with Crippen LogP contribution in [0.5, 0.6) is 0 Å². The summed E-state index contributed by atoms with van der Waals surface area (Å²) in [5.74, 6) is 1.46. The molecule has 1 saturated carbocycles. The summed E-state index contributed by atoms with van der Waals surface area (Å²) in [4.78, 5) is 22.1. The number of nitrogens with zero attached hydrogens (tertiary/aromatic N) is 3. The van der Waals surface area contributed by atoms with Crippen LogP contribution in [0.15, 0.2) is 29.3 Å². The molecule has 7 heteroatoms. The van der Waals surface area contributed by atoms with Crippen LogP contribution in [0.3, 0.4) is 0 Å². The number of amides is 1. The molecule has 2 N–H and O–H groups in total. The SMILES string of the molecule is CCNC(=NCc1ccccc1N1CCOCC1)NC1CCN(C(=O)C2CCCC2)C1. The summed E-state index contributed by atoms with van der Waals surface area (Å²) in [6.07, 6.45) is 5.53. The van der Waals surface area contributed by atoms with Crippen molar-refractivity contribution in [3.8, 4) is 0 Å². The second-order valence-electron chi connectivity index (χ2n) is 8.82. The highest BCUT2D eigenvalue weighted by molar-refractivity contribution is 5.81. The fourth-order valence-electron chi connectivity index (χ4n) is 4.94. The molecule has 1 aromatic carbocycles. The zero-order chi connectivity index (χ0) is 21.5. The Labute approximate surface area is 186 Å². The number of morpholine rings is 1. The summed E-state index contributed by atoms with van der Waals surface area (Å²) in [7, 11) is 0. The average Bonchev–Trinajstić information content (AvgIpc) is 3.51. The lowest BCUT2D eigenvalue weighted by Crippen LogP contribution is -2.45. The highest BCUT2D eigenvalue weighted by Crippen LogP contribution is 2.28. The van der Waals surface area contributed by atoms with Crippen LogP contribution < -0.4 is 15.5 Å². The molecule has 3 fully saturated rings. The highest BCUT2D eigenvalue weighted by Gasteiger charge is 2.32. The van der Waals surface area contributed by atoms with E-state index in [0.29, 0.717) is 12.5 Å². The normalized spacial score (nSPS) is 22.7. The van der Waals surface area contributed by atoms with Crippen LogP contribution in [-0.2, 0) is 16.1 Å². The number of nitrogens with one attached hydrogen (secondary N) is 2. The maximum Gasteiger partial charge on any atom is 0.225 e. The molecule has 170 valence electrons. The van der Waals surface area contributed by atoms with E-state index in [1.54, 1.807) is 0 Å². The number of aliphatic imine (C=N–C) groups is 1. The molecule has 1 amide bonds. The van der Waals surface area contributed by atoms with Gasteiger partial charge in [0.1, 0.15) is 0 Å². The minimum atomic E-state index is 0.261. The fraction of sp³-hybridized carbons (Fsp3) is 0.667. The van der Waals surface area contributed by atoms with E-state index in [0.717, 1.165) is 71.2 Å². The summed E-state index contributed by atoms with van der Waals surface area (Å²) < 4.78 is 5.51. The van der Waals surface area contributed by atoms with E-state index in [9.17, 15) is 4.79 Å². The van der Waals surface area contributed by atoms with E-state index in [4.69, 9.17) is 9.73 Å². The summed E-state index contributed by atoms with van der Waals surface area (Å²) in [5, 5.41) is 6.95. The van der Waals surface area contributed by atoms with E-state index in [1.807, 2.05) is 0 Å². The van der Waals surface area contributed by atoms with Crippen molar-refractivity contribution < 1.29 is 9.53 Å². The Bertz CT molecular complexity index is 756. The molecule has 2 saturated heterocycles. The van der Waals surface area contributed by atoms with Crippen molar-refractivity contribution in [1.82, 2.24) is 15.5 Å². The highest BCUT2D eigenvalue weighted by atomic mass is 16.5. The number of ether oxygens (including phenoxy) is 1. The van der Waals surface area contributed by atoms with Crippen molar-refractivity contribution in [2.24, 2.45) is 10.9 Å². The van der Waals surface area contributed by atoms with Crippen molar-refractivity contribution in [2.45, 2.75) is 51.6 Å². The van der Waals surface area contributed by atoms with Crippen LogP contribution in [0.25, 0.3) is 0 Å². The molecule has 4 rings (SSSR count). The molecule has 1 aromatic rings. The van der Waals surface area contributed by atoms with Gasteiger partial charge in [0.25, 0.3) is 0 Å². The number of rotatable bonds is 6. The van der Waals surface area contributed by atoms with E-state index in [1.165, 1.54) is 24.1 Å². The minimum absolute atomic E-state index is 0.261. The first-order chi connectivity index (χ1) is 15.2. The van der Waals surface area contributed by atoms with Crippen molar-refractivity contribution in [2.75, 3.05) is 50.8 Å². The second-order valence-corrected chi connectivity index (χ2v) is 8.82. The lowest BCUT2D eigenvalue weighted by molar-refractivity contribution is -0.134. The van der Waals surface area contributed by atoms with Gasteiger partial charge in [0.05, 0.1) is 19.8 Å². The molecule has 3 aliphatic rings. The standard InChI is InChI=1S/C24H37N5O2/c1-2-25-24(27-21-11-12-29(18-21)23(30)19-7-3-4-8-19)26-17-20-9-5-6-10-22(20)28-13-15-31-16-14-28/h5-6,9-10,19,21H,2-4,7-8,11-18H2,1H3,(H2,25,26,27). The van der Waals surface area contributed by atoms with Gasteiger partial charge in [-0.3, -0.25) is 4.79 Å². The van der Waals surface area contributed by atoms with Crippen molar-refractivity contribution in [1.29, 1.82) is 0 Å². The van der Waals surface area contributed by atoms with Gasteiger partial charge in [0, 0.05) is 50.4 Å². The predicted molar refractivity (Wildman–Crippen MR) is 124 cm³/mol. The number of hydrogen-bond donors (Lipinski definition) is 2. The van der Waals surface area contributed by atoms with Gasteiger partial charge in [-0.05, 0) is 37.8 Å². The molecule has 7 nitrogen and oxygen atoms in total. The summed E-state index contributed by atoms with van der Waals surface area (Å²) in [5.41, 5.74) is 2.48. The van der Waals surface area contributed by atoms with Crippen molar-refractivity contribution in [3.05, 3.63) is 29.8 Å². The lowest BCUT2D eigenvalue weighted by Gasteiger charge is -2.30. The first-order valence-electron chi connectivity index (χ1n) is 12.0. The van der Waals surface area contributed by atoms with Crippen LogP contribution in [0, 0.1) is 5.92 Å².